The predicted molar refractivity (Wildman–Crippen MR) is 85.2 cm³/mol. The van der Waals surface area contributed by atoms with Crippen molar-refractivity contribution in [2.24, 2.45) is 17.6 Å². The fourth-order valence-electron chi connectivity index (χ4n) is 3.46. The maximum absolute atomic E-state index is 12.4. The van der Waals surface area contributed by atoms with Gasteiger partial charge in [0.25, 0.3) is 0 Å². The Hall–Kier alpha value is -0.810. The summed E-state index contributed by atoms with van der Waals surface area (Å²) in [6.07, 6.45) is 6.35. The number of hydrogen-bond donors (Lipinski definition) is 2. The van der Waals surface area contributed by atoms with Crippen molar-refractivity contribution in [3.05, 3.63) is 0 Å². The van der Waals surface area contributed by atoms with Crippen LogP contribution in [0.4, 0.5) is 0 Å². The van der Waals surface area contributed by atoms with Gasteiger partial charge in [0.2, 0.25) is 11.8 Å². The zero-order chi connectivity index (χ0) is 14.5. The molecule has 1 aliphatic carbocycles. The van der Waals surface area contributed by atoms with Crippen LogP contribution < -0.4 is 11.1 Å². The van der Waals surface area contributed by atoms with Gasteiger partial charge in [-0.25, -0.2) is 0 Å². The summed E-state index contributed by atoms with van der Waals surface area (Å²) < 4.78 is 0. The van der Waals surface area contributed by atoms with Gasteiger partial charge in [-0.3, -0.25) is 9.59 Å². The van der Waals surface area contributed by atoms with Crippen LogP contribution in [0, 0.1) is 11.8 Å². The van der Waals surface area contributed by atoms with E-state index in [-0.39, 0.29) is 36.2 Å². The lowest BCUT2D eigenvalue weighted by molar-refractivity contribution is -0.134. The average Bonchev–Trinajstić information content (AvgIpc) is 2.48. The Morgan fingerprint density at radius 1 is 1.19 bits per heavy atom. The van der Waals surface area contributed by atoms with E-state index in [1.165, 1.54) is 12.8 Å². The van der Waals surface area contributed by atoms with Crippen LogP contribution in [0.15, 0.2) is 0 Å². The molecule has 3 N–H and O–H groups in total. The Kier molecular flexibility index (Phi) is 7.46. The molecule has 2 rings (SSSR count). The van der Waals surface area contributed by atoms with Crippen LogP contribution in [0.25, 0.3) is 0 Å². The summed E-state index contributed by atoms with van der Waals surface area (Å²) in [5, 5.41) is 3.19. The first-order chi connectivity index (χ1) is 9.61. The molecule has 1 heterocycles. The Bertz CT molecular complexity index is 365. The zero-order valence-electron chi connectivity index (χ0n) is 12.8. The van der Waals surface area contributed by atoms with Gasteiger partial charge in [0, 0.05) is 26.1 Å². The van der Waals surface area contributed by atoms with E-state index < -0.39 is 0 Å². The molecule has 3 unspecified atom stereocenters. The van der Waals surface area contributed by atoms with Crippen LogP contribution in [0.1, 0.15) is 45.4 Å². The molecule has 1 saturated carbocycles. The lowest BCUT2D eigenvalue weighted by Crippen LogP contribution is -2.50. The highest BCUT2D eigenvalue weighted by molar-refractivity contribution is 5.85. The number of rotatable bonds is 3. The van der Waals surface area contributed by atoms with Gasteiger partial charge in [-0.05, 0) is 38.1 Å². The lowest BCUT2D eigenvalue weighted by atomic mass is 9.84. The summed E-state index contributed by atoms with van der Waals surface area (Å²) in [5.41, 5.74) is 5.81. The molecule has 0 spiro atoms. The van der Waals surface area contributed by atoms with Crippen LogP contribution in [-0.4, -0.2) is 42.4 Å². The maximum Gasteiger partial charge on any atom is 0.225 e. The van der Waals surface area contributed by atoms with Gasteiger partial charge in [0.15, 0.2) is 0 Å². The van der Waals surface area contributed by atoms with Crippen LogP contribution >= 0.6 is 12.4 Å². The van der Waals surface area contributed by atoms with Gasteiger partial charge in [0.05, 0.1) is 5.92 Å². The molecular formula is C15H28ClN3O2. The number of carbonyl (C=O) groups is 2. The molecule has 0 bridgehead atoms. The summed E-state index contributed by atoms with van der Waals surface area (Å²) in [5.74, 6) is 0.550. The fourth-order valence-corrected chi connectivity index (χ4v) is 3.46. The third-order valence-corrected chi connectivity index (χ3v) is 4.78. The van der Waals surface area contributed by atoms with E-state index in [0.29, 0.717) is 19.0 Å². The van der Waals surface area contributed by atoms with Crippen LogP contribution in [0.2, 0.25) is 0 Å². The number of carbonyl (C=O) groups excluding carboxylic acids is 2. The van der Waals surface area contributed by atoms with Crippen molar-refractivity contribution in [1.82, 2.24) is 10.2 Å². The quantitative estimate of drug-likeness (QED) is 0.824. The Morgan fingerprint density at radius 3 is 2.57 bits per heavy atom. The lowest BCUT2D eigenvalue weighted by Gasteiger charge is -2.35. The maximum atomic E-state index is 12.4. The molecule has 1 aliphatic heterocycles. The first kappa shape index (κ1) is 18.2. The first-order valence-electron chi connectivity index (χ1n) is 7.87. The summed E-state index contributed by atoms with van der Waals surface area (Å²) in [6.45, 7) is 3.58. The minimum Gasteiger partial charge on any atom is -0.353 e. The highest BCUT2D eigenvalue weighted by Crippen LogP contribution is 2.24. The molecule has 0 aromatic rings. The zero-order valence-corrected chi connectivity index (χ0v) is 13.7. The highest BCUT2D eigenvalue weighted by atomic mass is 35.5. The van der Waals surface area contributed by atoms with Crippen molar-refractivity contribution in [2.75, 3.05) is 19.6 Å². The predicted octanol–water partition coefficient (Wildman–Crippen LogP) is 1.30. The number of nitrogens with one attached hydrogen (secondary N) is 1. The van der Waals surface area contributed by atoms with Crippen molar-refractivity contribution in [2.45, 2.75) is 51.5 Å². The van der Waals surface area contributed by atoms with Gasteiger partial charge in [0.1, 0.15) is 0 Å². The monoisotopic (exact) mass is 317 g/mol. The van der Waals surface area contributed by atoms with E-state index in [1.807, 2.05) is 0 Å². The van der Waals surface area contributed by atoms with Gasteiger partial charge < -0.3 is 16.0 Å². The molecule has 0 aromatic carbocycles. The topological polar surface area (TPSA) is 75.4 Å². The molecule has 3 atom stereocenters. The fraction of sp³-hybridized carbons (Fsp3) is 0.867. The van der Waals surface area contributed by atoms with Crippen LogP contribution in [0.3, 0.4) is 0 Å². The van der Waals surface area contributed by atoms with Crippen molar-refractivity contribution in [3.8, 4) is 0 Å². The standard InChI is InChI=1S/C15H27N3O2.ClH/c1-11(19)18-8-4-6-13(10-18)15(20)17-14-7-3-2-5-12(14)9-16;/h12-14H,2-10,16H2,1H3,(H,17,20);1H. The van der Waals surface area contributed by atoms with E-state index in [9.17, 15) is 9.59 Å². The summed E-state index contributed by atoms with van der Waals surface area (Å²) in [7, 11) is 0. The van der Waals surface area contributed by atoms with Crippen molar-refractivity contribution < 1.29 is 9.59 Å². The number of piperidine rings is 1. The molecule has 5 nitrogen and oxygen atoms in total. The Morgan fingerprint density at radius 2 is 1.90 bits per heavy atom. The van der Waals surface area contributed by atoms with E-state index in [2.05, 4.69) is 5.32 Å². The van der Waals surface area contributed by atoms with Crippen LogP contribution in [0.5, 0.6) is 0 Å². The molecule has 2 amide bonds. The molecule has 6 heteroatoms. The largest absolute Gasteiger partial charge is 0.353 e. The molecule has 0 aromatic heterocycles. The molecule has 2 aliphatic rings. The third-order valence-electron chi connectivity index (χ3n) is 4.78. The SMILES string of the molecule is CC(=O)N1CCCC(C(=O)NC2CCCCC2CN)C1.Cl. The van der Waals surface area contributed by atoms with E-state index in [1.54, 1.807) is 11.8 Å². The first-order valence-corrected chi connectivity index (χ1v) is 7.87. The van der Waals surface area contributed by atoms with E-state index >= 15 is 0 Å². The normalized spacial score (nSPS) is 29.4. The van der Waals surface area contributed by atoms with Crippen LogP contribution in [-0.2, 0) is 9.59 Å². The Labute approximate surface area is 133 Å². The third kappa shape index (κ3) is 4.85. The number of nitrogens with zero attached hydrogens (tertiary/aromatic N) is 1. The van der Waals surface area contributed by atoms with Crippen molar-refractivity contribution in [3.63, 3.8) is 0 Å². The minimum absolute atomic E-state index is 0. The molecule has 2 fully saturated rings. The summed E-state index contributed by atoms with van der Waals surface area (Å²) in [4.78, 5) is 25.6. The second kappa shape index (κ2) is 8.59. The van der Waals surface area contributed by atoms with E-state index in [0.717, 1.165) is 32.2 Å². The number of likely N-dealkylation sites (tertiary alicyclic amines) is 1. The second-order valence-electron chi connectivity index (χ2n) is 6.20. The summed E-state index contributed by atoms with van der Waals surface area (Å²) >= 11 is 0. The molecule has 21 heavy (non-hydrogen) atoms. The minimum atomic E-state index is -0.0481. The van der Waals surface area contributed by atoms with Crippen molar-refractivity contribution >= 4 is 24.2 Å². The van der Waals surface area contributed by atoms with E-state index in [4.69, 9.17) is 5.73 Å². The summed E-state index contributed by atoms with van der Waals surface area (Å²) in [6, 6.07) is 0.231. The average molecular weight is 318 g/mol. The molecule has 122 valence electrons. The van der Waals surface area contributed by atoms with Gasteiger partial charge >= 0.3 is 0 Å². The smallest absolute Gasteiger partial charge is 0.225 e. The van der Waals surface area contributed by atoms with Crippen molar-refractivity contribution in [1.29, 1.82) is 0 Å². The Balaban J connectivity index is 0.00000220. The number of nitrogens with two attached hydrogens (primary N) is 1. The molecular weight excluding hydrogens is 290 g/mol. The molecule has 1 saturated heterocycles. The second-order valence-corrected chi connectivity index (χ2v) is 6.20. The van der Waals surface area contributed by atoms with Gasteiger partial charge in [-0.2, -0.15) is 0 Å². The van der Waals surface area contributed by atoms with Gasteiger partial charge in [-0.15, -0.1) is 12.4 Å². The number of hydrogen-bond acceptors (Lipinski definition) is 3. The molecule has 0 radical (unpaired) electrons. The highest BCUT2D eigenvalue weighted by Gasteiger charge is 2.31. The van der Waals surface area contributed by atoms with Gasteiger partial charge in [-0.1, -0.05) is 12.8 Å². The number of halogens is 1. The number of amides is 2.